The van der Waals surface area contributed by atoms with Crippen LogP contribution in [0.4, 0.5) is 0 Å². The number of hydrogen-bond acceptors (Lipinski definition) is 3. The van der Waals surface area contributed by atoms with Crippen molar-refractivity contribution in [2.45, 2.75) is 39.0 Å². The van der Waals surface area contributed by atoms with E-state index in [0.29, 0.717) is 0 Å². The number of aliphatic hydroxyl groups is 1. The average molecular weight is 183 g/mol. The summed E-state index contributed by atoms with van der Waals surface area (Å²) in [5.41, 5.74) is 0. The fourth-order valence-corrected chi connectivity index (χ4v) is 1.15. The Morgan fingerprint density at radius 2 is 2.08 bits per heavy atom. The highest BCUT2D eigenvalue weighted by molar-refractivity contribution is 5.03. The van der Waals surface area contributed by atoms with E-state index in [1.165, 1.54) is 0 Å². The van der Waals surface area contributed by atoms with Gasteiger partial charge in [-0.2, -0.15) is 0 Å². The molecule has 1 aromatic heterocycles. The zero-order valence-electron chi connectivity index (χ0n) is 8.32. The lowest BCUT2D eigenvalue weighted by Crippen LogP contribution is -2.36. The van der Waals surface area contributed by atoms with Gasteiger partial charge in [-0.05, 0) is 32.9 Å². The van der Waals surface area contributed by atoms with Crippen LogP contribution in [0.5, 0.6) is 0 Å². The summed E-state index contributed by atoms with van der Waals surface area (Å²) in [6.07, 6.45) is 1.30. The first-order valence-electron chi connectivity index (χ1n) is 4.58. The molecule has 0 aromatic carbocycles. The maximum atomic E-state index is 9.27. The first-order chi connectivity index (χ1) is 6.11. The maximum Gasteiger partial charge on any atom is 0.120 e. The van der Waals surface area contributed by atoms with Gasteiger partial charge in [0.15, 0.2) is 0 Å². The van der Waals surface area contributed by atoms with Crippen LogP contribution in [0, 0.1) is 0 Å². The molecular weight excluding hydrogens is 166 g/mol. The van der Waals surface area contributed by atoms with E-state index in [9.17, 15) is 5.11 Å². The summed E-state index contributed by atoms with van der Waals surface area (Å²) in [6.45, 7) is 5.73. The van der Waals surface area contributed by atoms with Gasteiger partial charge >= 0.3 is 0 Å². The minimum absolute atomic E-state index is 0.0695. The first kappa shape index (κ1) is 10.3. The van der Waals surface area contributed by atoms with E-state index in [1.54, 1.807) is 13.2 Å². The molecule has 0 fully saturated rings. The molecule has 0 spiro atoms. The van der Waals surface area contributed by atoms with Gasteiger partial charge in [-0.25, -0.2) is 0 Å². The minimum atomic E-state index is -0.350. The second-order valence-corrected chi connectivity index (χ2v) is 3.43. The summed E-state index contributed by atoms with van der Waals surface area (Å²) >= 11 is 0. The molecule has 0 aliphatic carbocycles. The molecule has 1 rings (SSSR count). The Labute approximate surface area is 78.8 Å². The van der Waals surface area contributed by atoms with Gasteiger partial charge in [0.2, 0.25) is 0 Å². The molecular formula is C10H17NO2. The van der Waals surface area contributed by atoms with Crippen LogP contribution in [-0.4, -0.2) is 17.3 Å². The van der Waals surface area contributed by atoms with Crippen molar-refractivity contribution in [3.8, 4) is 0 Å². The monoisotopic (exact) mass is 183 g/mol. The highest BCUT2D eigenvalue weighted by Crippen LogP contribution is 2.13. The zero-order valence-corrected chi connectivity index (χ0v) is 8.32. The molecule has 0 radical (unpaired) electrons. The maximum absolute atomic E-state index is 9.27. The Hall–Kier alpha value is -0.800. The number of furan rings is 1. The third kappa shape index (κ3) is 2.86. The van der Waals surface area contributed by atoms with E-state index in [2.05, 4.69) is 5.32 Å². The van der Waals surface area contributed by atoms with Gasteiger partial charge in [-0.1, -0.05) is 0 Å². The summed E-state index contributed by atoms with van der Waals surface area (Å²) in [5.74, 6) is 0.896. The Bertz CT molecular complexity index is 231. The van der Waals surface area contributed by atoms with Gasteiger partial charge < -0.3 is 14.8 Å². The van der Waals surface area contributed by atoms with Crippen LogP contribution in [0.25, 0.3) is 0 Å². The van der Waals surface area contributed by atoms with Gasteiger partial charge in [0.1, 0.15) is 5.76 Å². The molecule has 3 nitrogen and oxygen atoms in total. The molecule has 0 aliphatic heterocycles. The molecule has 1 heterocycles. The highest BCUT2D eigenvalue weighted by Gasteiger charge is 2.14. The van der Waals surface area contributed by atoms with Crippen molar-refractivity contribution in [1.29, 1.82) is 0 Å². The van der Waals surface area contributed by atoms with Crippen molar-refractivity contribution in [2.24, 2.45) is 0 Å². The molecule has 3 unspecified atom stereocenters. The van der Waals surface area contributed by atoms with Crippen molar-refractivity contribution in [3.05, 3.63) is 24.2 Å². The normalized spacial score (nSPS) is 18.2. The Balaban J connectivity index is 2.46. The predicted octanol–water partition coefficient (Wildman–Crippen LogP) is 1.70. The van der Waals surface area contributed by atoms with Crippen LogP contribution in [0.3, 0.4) is 0 Å². The second-order valence-electron chi connectivity index (χ2n) is 3.43. The minimum Gasteiger partial charge on any atom is -0.468 e. The predicted molar refractivity (Wildman–Crippen MR) is 51.4 cm³/mol. The van der Waals surface area contributed by atoms with E-state index in [4.69, 9.17) is 4.42 Å². The van der Waals surface area contributed by atoms with Crippen LogP contribution in [0.15, 0.2) is 22.8 Å². The molecule has 74 valence electrons. The largest absolute Gasteiger partial charge is 0.468 e. The Kier molecular flexibility index (Phi) is 3.51. The van der Waals surface area contributed by atoms with Crippen molar-refractivity contribution in [2.75, 3.05) is 0 Å². The quantitative estimate of drug-likeness (QED) is 0.746. The van der Waals surface area contributed by atoms with E-state index < -0.39 is 0 Å². The van der Waals surface area contributed by atoms with Crippen molar-refractivity contribution in [3.63, 3.8) is 0 Å². The third-order valence-corrected chi connectivity index (χ3v) is 2.21. The molecule has 0 saturated heterocycles. The topological polar surface area (TPSA) is 45.4 Å². The lowest BCUT2D eigenvalue weighted by molar-refractivity contribution is 0.145. The summed E-state index contributed by atoms with van der Waals surface area (Å²) < 4.78 is 5.23. The van der Waals surface area contributed by atoms with Crippen molar-refractivity contribution in [1.82, 2.24) is 5.32 Å². The number of aliphatic hydroxyl groups excluding tert-OH is 1. The first-order valence-corrected chi connectivity index (χ1v) is 4.58. The molecule has 1 aromatic rings. The van der Waals surface area contributed by atoms with Gasteiger partial charge in [-0.15, -0.1) is 0 Å². The van der Waals surface area contributed by atoms with Crippen LogP contribution in [0.1, 0.15) is 32.6 Å². The molecule has 3 atom stereocenters. The lowest BCUT2D eigenvalue weighted by Gasteiger charge is -2.20. The summed E-state index contributed by atoms with van der Waals surface area (Å²) in [7, 11) is 0. The Morgan fingerprint density at radius 1 is 1.38 bits per heavy atom. The molecule has 0 bridgehead atoms. The summed E-state index contributed by atoms with van der Waals surface area (Å²) in [4.78, 5) is 0. The molecule has 0 saturated carbocycles. The van der Waals surface area contributed by atoms with Crippen LogP contribution < -0.4 is 5.32 Å². The van der Waals surface area contributed by atoms with E-state index in [-0.39, 0.29) is 18.2 Å². The van der Waals surface area contributed by atoms with Crippen LogP contribution >= 0.6 is 0 Å². The number of rotatable bonds is 4. The van der Waals surface area contributed by atoms with Crippen LogP contribution in [0.2, 0.25) is 0 Å². The number of nitrogens with one attached hydrogen (secondary N) is 1. The van der Waals surface area contributed by atoms with Crippen LogP contribution in [-0.2, 0) is 0 Å². The van der Waals surface area contributed by atoms with E-state index in [0.717, 1.165) is 5.76 Å². The van der Waals surface area contributed by atoms with Gasteiger partial charge in [-0.3, -0.25) is 0 Å². The number of hydrogen-bond donors (Lipinski definition) is 2. The van der Waals surface area contributed by atoms with Crippen molar-refractivity contribution >= 4 is 0 Å². The molecule has 0 amide bonds. The average Bonchev–Trinajstić information content (AvgIpc) is 2.55. The standard InChI is InChI=1S/C10H17NO2/c1-7(9(3)12)11-8(2)10-5-4-6-13-10/h4-9,11-12H,1-3H3. The lowest BCUT2D eigenvalue weighted by atomic mass is 10.1. The molecule has 0 aliphatic rings. The van der Waals surface area contributed by atoms with Crippen molar-refractivity contribution < 1.29 is 9.52 Å². The van der Waals surface area contributed by atoms with E-state index >= 15 is 0 Å². The summed E-state index contributed by atoms with van der Waals surface area (Å²) in [5, 5.41) is 12.5. The van der Waals surface area contributed by atoms with Gasteiger partial charge in [0, 0.05) is 6.04 Å². The zero-order chi connectivity index (χ0) is 9.84. The second kappa shape index (κ2) is 4.44. The smallest absolute Gasteiger partial charge is 0.120 e. The fourth-order valence-electron chi connectivity index (χ4n) is 1.15. The third-order valence-electron chi connectivity index (χ3n) is 2.21. The summed E-state index contributed by atoms with van der Waals surface area (Å²) in [6, 6.07) is 3.99. The SMILES string of the molecule is CC(NC(C)C(C)O)c1ccco1. The Morgan fingerprint density at radius 3 is 2.54 bits per heavy atom. The van der Waals surface area contributed by atoms with E-state index in [1.807, 2.05) is 26.0 Å². The van der Waals surface area contributed by atoms with Gasteiger partial charge in [0.25, 0.3) is 0 Å². The molecule has 3 heteroatoms. The fraction of sp³-hybridized carbons (Fsp3) is 0.600. The van der Waals surface area contributed by atoms with Gasteiger partial charge in [0.05, 0.1) is 18.4 Å². The molecule has 2 N–H and O–H groups in total. The molecule has 13 heavy (non-hydrogen) atoms. The highest BCUT2D eigenvalue weighted by atomic mass is 16.3.